The van der Waals surface area contributed by atoms with Crippen LogP contribution in [0.3, 0.4) is 0 Å². The highest BCUT2D eigenvalue weighted by molar-refractivity contribution is 6.07. The van der Waals surface area contributed by atoms with Crippen LogP contribution in [0.2, 0.25) is 0 Å². The van der Waals surface area contributed by atoms with Gasteiger partial charge in [-0.15, -0.1) is 0 Å². The van der Waals surface area contributed by atoms with Crippen LogP contribution in [-0.2, 0) is 4.79 Å². The number of benzene rings is 2. The summed E-state index contributed by atoms with van der Waals surface area (Å²) in [5.41, 5.74) is 2.83. The molecule has 5 nitrogen and oxygen atoms in total. The van der Waals surface area contributed by atoms with Crippen molar-refractivity contribution in [2.75, 3.05) is 18.0 Å². The lowest BCUT2D eigenvalue weighted by molar-refractivity contribution is -0.124. The smallest absolute Gasteiger partial charge is 0.322 e. The maximum Gasteiger partial charge on any atom is 0.322 e. The van der Waals surface area contributed by atoms with Gasteiger partial charge >= 0.3 is 6.03 Å². The summed E-state index contributed by atoms with van der Waals surface area (Å²) < 4.78 is 0. The van der Waals surface area contributed by atoms with Gasteiger partial charge in [0.2, 0.25) is 0 Å². The predicted octanol–water partition coefficient (Wildman–Crippen LogP) is 2.53. The first-order valence-electron chi connectivity index (χ1n) is 8.20. The van der Waals surface area contributed by atoms with Crippen LogP contribution >= 0.6 is 0 Å². The number of hydrogen-bond donors (Lipinski definition) is 2. The Hall–Kier alpha value is -2.82. The van der Waals surface area contributed by atoms with E-state index in [-0.39, 0.29) is 11.9 Å². The van der Waals surface area contributed by atoms with Crippen molar-refractivity contribution in [2.24, 2.45) is 0 Å². The third kappa shape index (κ3) is 2.52. The van der Waals surface area contributed by atoms with Crippen LogP contribution < -0.4 is 15.5 Å². The molecule has 2 aliphatic heterocycles. The number of nitrogens with zero attached hydrogens (tertiary/aromatic N) is 1. The second-order valence-corrected chi connectivity index (χ2v) is 6.39. The molecule has 0 aliphatic carbocycles. The van der Waals surface area contributed by atoms with Crippen molar-refractivity contribution < 1.29 is 9.59 Å². The summed E-state index contributed by atoms with van der Waals surface area (Å²) in [6.45, 7) is 1.50. The molecule has 0 radical (unpaired) electrons. The van der Waals surface area contributed by atoms with E-state index in [0.29, 0.717) is 12.8 Å². The molecule has 2 aliphatic rings. The lowest BCUT2D eigenvalue weighted by Gasteiger charge is -2.38. The van der Waals surface area contributed by atoms with Crippen molar-refractivity contribution in [3.63, 3.8) is 0 Å². The molecular formula is C19H19N3O2. The topological polar surface area (TPSA) is 61.4 Å². The average Bonchev–Trinajstić information content (AvgIpc) is 2.90. The van der Waals surface area contributed by atoms with E-state index in [1.54, 1.807) is 0 Å². The Morgan fingerprint density at radius 2 is 1.46 bits per heavy atom. The summed E-state index contributed by atoms with van der Waals surface area (Å²) in [6, 6.07) is 18.4. The fourth-order valence-corrected chi connectivity index (χ4v) is 3.52. The second kappa shape index (κ2) is 5.67. The van der Waals surface area contributed by atoms with Crippen molar-refractivity contribution in [2.45, 2.75) is 18.4 Å². The molecule has 0 unspecified atom stereocenters. The van der Waals surface area contributed by atoms with Gasteiger partial charge in [0.1, 0.15) is 5.54 Å². The van der Waals surface area contributed by atoms with Gasteiger partial charge in [0.15, 0.2) is 0 Å². The molecule has 122 valence electrons. The molecule has 5 heteroatoms. The highest BCUT2D eigenvalue weighted by atomic mass is 16.2. The normalized spacial score (nSPS) is 19.2. The quantitative estimate of drug-likeness (QED) is 0.836. The molecule has 1 spiro atoms. The van der Waals surface area contributed by atoms with Gasteiger partial charge in [-0.3, -0.25) is 10.1 Å². The Morgan fingerprint density at radius 3 is 2.04 bits per heavy atom. The number of anilines is 1. The summed E-state index contributed by atoms with van der Waals surface area (Å²) in [7, 11) is 0. The average molecular weight is 321 g/mol. The Kier molecular flexibility index (Phi) is 3.49. The minimum Gasteiger partial charge on any atom is -0.371 e. The van der Waals surface area contributed by atoms with E-state index in [2.05, 4.69) is 51.9 Å². The van der Waals surface area contributed by atoms with Gasteiger partial charge < -0.3 is 10.2 Å². The number of urea groups is 1. The van der Waals surface area contributed by atoms with Crippen molar-refractivity contribution in [3.05, 3.63) is 54.6 Å². The third-order valence-electron chi connectivity index (χ3n) is 4.97. The number of imide groups is 1. The molecule has 2 N–H and O–H groups in total. The maximum atomic E-state index is 12.0. The Labute approximate surface area is 140 Å². The Bertz CT molecular complexity index is 763. The highest BCUT2D eigenvalue weighted by Gasteiger charge is 2.47. The van der Waals surface area contributed by atoms with Gasteiger partial charge in [0.05, 0.1) is 0 Å². The number of piperidine rings is 1. The van der Waals surface area contributed by atoms with Crippen LogP contribution in [0.1, 0.15) is 12.8 Å². The summed E-state index contributed by atoms with van der Waals surface area (Å²) >= 11 is 0. The monoisotopic (exact) mass is 321 g/mol. The molecule has 0 aromatic heterocycles. The molecule has 2 saturated heterocycles. The minimum atomic E-state index is -0.711. The molecule has 24 heavy (non-hydrogen) atoms. The third-order valence-corrected chi connectivity index (χ3v) is 4.97. The van der Waals surface area contributed by atoms with E-state index < -0.39 is 5.54 Å². The van der Waals surface area contributed by atoms with Crippen LogP contribution in [-0.4, -0.2) is 30.6 Å². The van der Waals surface area contributed by atoms with E-state index in [0.717, 1.165) is 18.8 Å². The first kappa shape index (κ1) is 14.8. The number of amides is 3. The van der Waals surface area contributed by atoms with Crippen LogP contribution in [0.4, 0.5) is 10.5 Å². The molecule has 0 atom stereocenters. The van der Waals surface area contributed by atoms with E-state index in [4.69, 9.17) is 0 Å². The lowest BCUT2D eigenvalue weighted by atomic mass is 9.87. The van der Waals surface area contributed by atoms with Crippen molar-refractivity contribution >= 4 is 17.6 Å². The summed E-state index contributed by atoms with van der Waals surface area (Å²) in [5.74, 6) is -0.188. The molecule has 0 saturated carbocycles. The van der Waals surface area contributed by atoms with Crippen LogP contribution in [0.5, 0.6) is 0 Å². The molecule has 0 bridgehead atoms. The Morgan fingerprint density at radius 1 is 0.833 bits per heavy atom. The summed E-state index contributed by atoms with van der Waals surface area (Å²) in [6.07, 6.45) is 1.26. The maximum absolute atomic E-state index is 12.0. The molecule has 4 rings (SSSR count). The molecule has 2 aromatic carbocycles. The van der Waals surface area contributed by atoms with Gasteiger partial charge in [0.25, 0.3) is 5.91 Å². The Balaban J connectivity index is 1.46. The standard InChI is InChI=1S/C19H19N3O2/c23-17-19(21-18(24)20-17)10-12-22(13-11-19)16-8-6-15(7-9-16)14-4-2-1-3-5-14/h1-9H,10-13H2,(H2,20,21,23,24). The summed E-state index contributed by atoms with van der Waals surface area (Å²) in [5, 5.41) is 5.15. The molecule has 2 fully saturated rings. The zero-order valence-corrected chi connectivity index (χ0v) is 13.3. The summed E-state index contributed by atoms with van der Waals surface area (Å²) in [4.78, 5) is 25.6. The first-order valence-corrected chi connectivity index (χ1v) is 8.20. The number of hydrogen-bond acceptors (Lipinski definition) is 3. The molecule has 3 amide bonds. The van der Waals surface area contributed by atoms with Crippen molar-refractivity contribution in [1.29, 1.82) is 0 Å². The number of carbonyl (C=O) groups is 2. The molecule has 2 heterocycles. The van der Waals surface area contributed by atoms with Crippen LogP contribution in [0.15, 0.2) is 54.6 Å². The second-order valence-electron chi connectivity index (χ2n) is 6.39. The van der Waals surface area contributed by atoms with Crippen LogP contribution in [0, 0.1) is 0 Å². The molecular weight excluding hydrogens is 302 g/mol. The minimum absolute atomic E-state index is 0.188. The highest BCUT2D eigenvalue weighted by Crippen LogP contribution is 2.30. The van der Waals surface area contributed by atoms with Gasteiger partial charge in [-0.25, -0.2) is 4.79 Å². The predicted molar refractivity (Wildman–Crippen MR) is 92.7 cm³/mol. The van der Waals surface area contributed by atoms with Gasteiger partial charge in [-0.2, -0.15) is 0 Å². The molecule has 2 aromatic rings. The number of carbonyl (C=O) groups excluding carboxylic acids is 2. The SMILES string of the molecule is O=C1NC(=O)C2(CCN(c3ccc(-c4ccccc4)cc3)CC2)N1. The fraction of sp³-hybridized carbons (Fsp3) is 0.263. The van der Waals surface area contributed by atoms with E-state index in [9.17, 15) is 9.59 Å². The lowest BCUT2D eigenvalue weighted by Crippen LogP contribution is -2.54. The van der Waals surface area contributed by atoms with Crippen LogP contribution in [0.25, 0.3) is 11.1 Å². The largest absolute Gasteiger partial charge is 0.371 e. The van der Waals surface area contributed by atoms with Gasteiger partial charge in [0, 0.05) is 18.8 Å². The number of nitrogens with one attached hydrogen (secondary N) is 2. The van der Waals surface area contributed by atoms with E-state index in [1.165, 1.54) is 11.1 Å². The van der Waals surface area contributed by atoms with Gasteiger partial charge in [-0.1, -0.05) is 42.5 Å². The van der Waals surface area contributed by atoms with E-state index in [1.807, 2.05) is 18.2 Å². The first-order chi connectivity index (χ1) is 11.7. The van der Waals surface area contributed by atoms with Gasteiger partial charge in [-0.05, 0) is 36.1 Å². The zero-order chi connectivity index (χ0) is 16.6. The number of rotatable bonds is 2. The van der Waals surface area contributed by atoms with Crippen molar-refractivity contribution in [1.82, 2.24) is 10.6 Å². The van der Waals surface area contributed by atoms with E-state index >= 15 is 0 Å². The fourth-order valence-electron chi connectivity index (χ4n) is 3.52. The van der Waals surface area contributed by atoms with Crippen molar-refractivity contribution in [3.8, 4) is 11.1 Å². The zero-order valence-electron chi connectivity index (χ0n) is 13.3.